The van der Waals surface area contributed by atoms with Crippen molar-refractivity contribution < 1.29 is 9.90 Å². The SMILES string of the molecule is O=C(O)[C@@H]1C[C@H]2CC[C@H]1N2Cc1ccc2c(c1)CCC2. The molecule has 1 aliphatic carbocycles. The van der Waals surface area contributed by atoms with E-state index in [-0.39, 0.29) is 12.0 Å². The lowest BCUT2D eigenvalue weighted by Crippen LogP contribution is -2.32. The van der Waals surface area contributed by atoms with Crippen molar-refractivity contribution in [2.75, 3.05) is 0 Å². The Hall–Kier alpha value is -1.35. The fourth-order valence-corrected chi connectivity index (χ4v) is 4.55. The molecule has 1 N–H and O–H groups in total. The van der Waals surface area contributed by atoms with Gasteiger partial charge in [0.1, 0.15) is 0 Å². The summed E-state index contributed by atoms with van der Waals surface area (Å²) < 4.78 is 0. The summed E-state index contributed by atoms with van der Waals surface area (Å²) in [5.74, 6) is -0.737. The molecule has 4 rings (SSSR count). The van der Waals surface area contributed by atoms with E-state index in [1.807, 2.05) is 0 Å². The maximum Gasteiger partial charge on any atom is 0.308 e. The molecule has 1 aromatic rings. The van der Waals surface area contributed by atoms with E-state index < -0.39 is 5.97 Å². The zero-order valence-electron chi connectivity index (χ0n) is 11.7. The van der Waals surface area contributed by atoms with Crippen LogP contribution in [0.3, 0.4) is 0 Å². The van der Waals surface area contributed by atoms with Crippen LogP contribution in [0, 0.1) is 5.92 Å². The lowest BCUT2D eigenvalue weighted by Gasteiger charge is -2.23. The highest BCUT2D eigenvalue weighted by Crippen LogP contribution is 2.42. The quantitative estimate of drug-likeness (QED) is 0.918. The molecule has 2 heterocycles. The molecule has 3 heteroatoms. The molecule has 2 bridgehead atoms. The van der Waals surface area contributed by atoms with Crippen LogP contribution in [0.2, 0.25) is 0 Å². The first-order valence-electron chi connectivity index (χ1n) is 7.81. The van der Waals surface area contributed by atoms with Gasteiger partial charge in [0.05, 0.1) is 5.92 Å². The molecule has 0 aromatic heterocycles. The average Bonchev–Trinajstić information content (AvgIpc) is 3.13. The van der Waals surface area contributed by atoms with Gasteiger partial charge in [0, 0.05) is 18.6 Å². The molecule has 20 heavy (non-hydrogen) atoms. The number of hydrogen-bond acceptors (Lipinski definition) is 2. The molecule has 2 saturated heterocycles. The Morgan fingerprint density at radius 3 is 2.90 bits per heavy atom. The van der Waals surface area contributed by atoms with Crippen molar-refractivity contribution in [2.45, 2.75) is 57.2 Å². The summed E-state index contributed by atoms with van der Waals surface area (Å²) in [6.07, 6.45) is 6.82. The molecule has 0 amide bonds. The summed E-state index contributed by atoms with van der Waals surface area (Å²) in [5.41, 5.74) is 4.40. The lowest BCUT2D eigenvalue weighted by molar-refractivity contribution is -0.142. The molecule has 106 valence electrons. The molecule has 2 aliphatic heterocycles. The maximum absolute atomic E-state index is 11.3. The van der Waals surface area contributed by atoms with Crippen LogP contribution in [-0.4, -0.2) is 28.1 Å². The van der Waals surface area contributed by atoms with Gasteiger partial charge in [0.25, 0.3) is 0 Å². The number of aryl methyl sites for hydroxylation is 2. The molecule has 2 fully saturated rings. The second-order valence-corrected chi connectivity index (χ2v) is 6.61. The van der Waals surface area contributed by atoms with Gasteiger partial charge in [-0.05, 0) is 55.2 Å². The van der Waals surface area contributed by atoms with E-state index in [1.54, 1.807) is 0 Å². The third-order valence-electron chi connectivity index (χ3n) is 5.53. The molecule has 3 nitrogen and oxygen atoms in total. The van der Waals surface area contributed by atoms with Crippen molar-refractivity contribution in [3.63, 3.8) is 0 Å². The summed E-state index contributed by atoms with van der Waals surface area (Å²) in [4.78, 5) is 13.8. The van der Waals surface area contributed by atoms with Crippen LogP contribution in [0.5, 0.6) is 0 Å². The first-order chi connectivity index (χ1) is 9.72. The molecule has 1 aromatic carbocycles. The monoisotopic (exact) mass is 271 g/mol. The highest BCUT2D eigenvalue weighted by Gasteiger charge is 2.48. The summed E-state index contributed by atoms with van der Waals surface area (Å²) in [6.45, 7) is 0.937. The number of benzene rings is 1. The van der Waals surface area contributed by atoms with Crippen molar-refractivity contribution in [1.29, 1.82) is 0 Å². The Bertz CT molecular complexity index is 554. The van der Waals surface area contributed by atoms with Crippen molar-refractivity contribution in [3.8, 4) is 0 Å². The topological polar surface area (TPSA) is 40.5 Å². The van der Waals surface area contributed by atoms with Crippen molar-refractivity contribution in [3.05, 3.63) is 34.9 Å². The Labute approximate surface area is 119 Å². The van der Waals surface area contributed by atoms with E-state index in [9.17, 15) is 9.90 Å². The number of aliphatic carboxylic acids is 1. The Morgan fingerprint density at radius 1 is 1.25 bits per heavy atom. The molecule has 0 radical (unpaired) electrons. The van der Waals surface area contributed by atoms with Gasteiger partial charge in [-0.15, -0.1) is 0 Å². The molecular weight excluding hydrogens is 250 g/mol. The number of rotatable bonds is 3. The molecule has 3 aliphatic rings. The minimum Gasteiger partial charge on any atom is -0.481 e. The number of carbonyl (C=O) groups is 1. The van der Waals surface area contributed by atoms with Crippen LogP contribution in [-0.2, 0) is 24.2 Å². The number of fused-ring (bicyclic) bond motifs is 3. The number of carboxylic acids is 1. The Balaban J connectivity index is 1.54. The van der Waals surface area contributed by atoms with Crippen LogP contribution in [0.4, 0.5) is 0 Å². The van der Waals surface area contributed by atoms with Gasteiger partial charge in [0.15, 0.2) is 0 Å². The van der Waals surface area contributed by atoms with Crippen LogP contribution in [0.15, 0.2) is 18.2 Å². The summed E-state index contributed by atoms with van der Waals surface area (Å²) in [7, 11) is 0. The second kappa shape index (κ2) is 4.59. The molecule has 3 atom stereocenters. The summed E-state index contributed by atoms with van der Waals surface area (Å²) in [5, 5.41) is 9.32. The minimum atomic E-state index is -0.601. The number of carboxylic acid groups (broad SMARTS) is 1. The lowest BCUT2D eigenvalue weighted by atomic mass is 9.89. The van der Waals surface area contributed by atoms with Gasteiger partial charge in [0.2, 0.25) is 0 Å². The first-order valence-corrected chi connectivity index (χ1v) is 7.81. The van der Waals surface area contributed by atoms with E-state index >= 15 is 0 Å². The molecule has 0 saturated carbocycles. The third-order valence-corrected chi connectivity index (χ3v) is 5.53. The molecular formula is C17H21NO2. The summed E-state index contributed by atoms with van der Waals surface area (Å²) in [6, 6.07) is 7.65. The van der Waals surface area contributed by atoms with Gasteiger partial charge in [-0.25, -0.2) is 0 Å². The zero-order chi connectivity index (χ0) is 13.7. The number of hydrogen-bond donors (Lipinski definition) is 1. The van der Waals surface area contributed by atoms with E-state index in [0.29, 0.717) is 6.04 Å². The zero-order valence-corrected chi connectivity index (χ0v) is 11.7. The predicted octanol–water partition coefficient (Wildman–Crippen LogP) is 2.61. The smallest absolute Gasteiger partial charge is 0.308 e. The predicted molar refractivity (Wildman–Crippen MR) is 76.6 cm³/mol. The minimum absolute atomic E-state index is 0.136. The molecule has 0 spiro atoms. The van der Waals surface area contributed by atoms with Gasteiger partial charge in [-0.2, -0.15) is 0 Å². The van der Waals surface area contributed by atoms with Crippen LogP contribution < -0.4 is 0 Å². The van der Waals surface area contributed by atoms with Gasteiger partial charge in [-0.3, -0.25) is 9.69 Å². The van der Waals surface area contributed by atoms with E-state index in [2.05, 4.69) is 23.1 Å². The summed E-state index contributed by atoms with van der Waals surface area (Å²) >= 11 is 0. The van der Waals surface area contributed by atoms with Gasteiger partial charge >= 0.3 is 5.97 Å². The van der Waals surface area contributed by atoms with Crippen LogP contribution >= 0.6 is 0 Å². The first kappa shape index (κ1) is 12.4. The fourth-order valence-electron chi connectivity index (χ4n) is 4.55. The third kappa shape index (κ3) is 1.87. The highest BCUT2D eigenvalue weighted by atomic mass is 16.4. The van der Waals surface area contributed by atoms with E-state index in [4.69, 9.17) is 0 Å². The van der Waals surface area contributed by atoms with Crippen molar-refractivity contribution in [2.24, 2.45) is 5.92 Å². The molecule has 0 unspecified atom stereocenters. The normalized spacial score (nSPS) is 31.7. The van der Waals surface area contributed by atoms with E-state index in [0.717, 1.165) is 19.4 Å². The standard InChI is InChI=1S/C17H21NO2/c19-17(20)15-9-14-6-7-16(15)18(14)10-11-4-5-12-2-1-3-13(12)8-11/h4-5,8,14-16H,1-3,6-7,9-10H2,(H,19,20)/t14-,15-,16-/m1/s1. The Kier molecular flexibility index (Phi) is 2.84. The second-order valence-electron chi connectivity index (χ2n) is 6.61. The fraction of sp³-hybridized carbons (Fsp3) is 0.588. The highest BCUT2D eigenvalue weighted by molar-refractivity contribution is 5.71. The van der Waals surface area contributed by atoms with Crippen molar-refractivity contribution in [1.82, 2.24) is 4.90 Å². The largest absolute Gasteiger partial charge is 0.481 e. The Morgan fingerprint density at radius 2 is 2.10 bits per heavy atom. The van der Waals surface area contributed by atoms with Crippen LogP contribution in [0.1, 0.15) is 42.4 Å². The van der Waals surface area contributed by atoms with Crippen LogP contribution in [0.25, 0.3) is 0 Å². The van der Waals surface area contributed by atoms with E-state index in [1.165, 1.54) is 42.4 Å². The average molecular weight is 271 g/mol. The maximum atomic E-state index is 11.3. The van der Waals surface area contributed by atoms with Gasteiger partial charge < -0.3 is 5.11 Å². The number of nitrogens with zero attached hydrogens (tertiary/aromatic N) is 1. The van der Waals surface area contributed by atoms with Gasteiger partial charge in [-0.1, -0.05) is 18.2 Å². The van der Waals surface area contributed by atoms with Crippen molar-refractivity contribution >= 4 is 5.97 Å².